The number of rotatable bonds is 7. The minimum absolute atomic E-state index is 0.0942. The normalized spacial score (nSPS) is 9.53. The van der Waals surface area contributed by atoms with Crippen LogP contribution in [0.25, 0.3) is 0 Å². The number of hydrogen-bond donors (Lipinski definition) is 2. The molecule has 0 aliphatic heterocycles. The van der Waals surface area contributed by atoms with E-state index in [0.717, 1.165) is 12.8 Å². The molecule has 5 heteroatoms. The maximum absolute atomic E-state index is 11.6. The average Bonchev–Trinajstić information content (AvgIpc) is 2.44. The van der Waals surface area contributed by atoms with Crippen LogP contribution in [0, 0.1) is 11.3 Å². The van der Waals surface area contributed by atoms with Crippen molar-refractivity contribution < 1.29 is 9.53 Å². The van der Waals surface area contributed by atoms with E-state index in [2.05, 4.69) is 23.6 Å². The fourth-order valence-electron chi connectivity index (χ4n) is 1.61. The summed E-state index contributed by atoms with van der Waals surface area (Å²) in [5.41, 5.74) is 1.01. The summed E-state index contributed by atoms with van der Waals surface area (Å²) in [6.45, 7) is 2.87. The number of carbonyl (C=O) groups excluding carboxylic acids is 1. The lowest BCUT2D eigenvalue weighted by Gasteiger charge is -2.12. The maximum Gasteiger partial charge on any atom is 0.239 e. The van der Waals surface area contributed by atoms with E-state index in [4.69, 9.17) is 10.00 Å². The summed E-state index contributed by atoms with van der Waals surface area (Å²) in [6, 6.07) is 7.24. The molecule has 0 fully saturated rings. The molecule has 5 nitrogen and oxygen atoms in total. The second kappa shape index (κ2) is 7.98. The first kappa shape index (κ1) is 14.8. The average molecular weight is 261 g/mol. The van der Waals surface area contributed by atoms with Crippen molar-refractivity contribution in [3.8, 4) is 11.8 Å². The number of benzene rings is 1. The highest BCUT2D eigenvalue weighted by atomic mass is 16.5. The van der Waals surface area contributed by atoms with Crippen LogP contribution < -0.4 is 15.4 Å². The lowest BCUT2D eigenvalue weighted by atomic mass is 10.2. The molecule has 1 aromatic rings. The molecular weight excluding hydrogens is 242 g/mol. The number of anilines is 1. The van der Waals surface area contributed by atoms with E-state index < -0.39 is 0 Å². The number of unbranched alkanes of at least 4 members (excludes halogenated alkanes) is 1. The molecule has 0 saturated heterocycles. The summed E-state index contributed by atoms with van der Waals surface area (Å²) in [4.78, 5) is 11.6. The van der Waals surface area contributed by atoms with Gasteiger partial charge in [0.25, 0.3) is 0 Å². The zero-order valence-corrected chi connectivity index (χ0v) is 11.3. The van der Waals surface area contributed by atoms with Gasteiger partial charge in [-0.2, -0.15) is 5.26 Å². The second-order valence-electron chi connectivity index (χ2n) is 4.05. The van der Waals surface area contributed by atoms with E-state index in [-0.39, 0.29) is 12.5 Å². The molecule has 0 aliphatic carbocycles. The summed E-state index contributed by atoms with van der Waals surface area (Å²) in [7, 11) is 1.53. The van der Waals surface area contributed by atoms with Crippen LogP contribution in [0.4, 0.5) is 5.69 Å². The van der Waals surface area contributed by atoms with E-state index in [1.165, 1.54) is 7.11 Å². The van der Waals surface area contributed by atoms with E-state index in [1.807, 2.05) is 0 Å². The molecule has 1 rings (SSSR count). The van der Waals surface area contributed by atoms with Crippen LogP contribution in [0.1, 0.15) is 25.3 Å². The fourth-order valence-corrected chi connectivity index (χ4v) is 1.61. The predicted molar refractivity (Wildman–Crippen MR) is 74.1 cm³/mol. The molecule has 0 bridgehead atoms. The van der Waals surface area contributed by atoms with E-state index in [1.54, 1.807) is 18.2 Å². The highest BCUT2D eigenvalue weighted by Crippen LogP contribution is 2.27. The Balaban J connectivity index is 2.62. The number of ether oxygens (including phenoxy) is 1. The standard InChI is InChI=1S/C14H19N3O2/c1-3-4-8-16-13(18)10-17-14-11(9-15)6-5-7-12(14)19-2/h5-7,17H,3-4,8,10H2,1-2H3,(H,16,18). The minimum Gasteiger partial charge on any atom is -0.495 e. The highest BCUT2D eigenvalue weighted by Gasteiger charge is 2.09. The van der Waals surface area contributed by atoms with Gasteiger partial charge in [-0.3, -0.25) is 4.79 Å². The maximum atomic E-state index is 11.6. The van der Waals surface area contributed by atoms with E-state index in [9.17, 15) is 4.79 Å². The number of nitriles is 1. The lowest BCUT2D eigenvalue weighted by Crippen LogP contribution is -2.30. The Labute approximate surface area is 113 Å². The van der Waals surface area contributed by atoms with Gasteiger partial charge in [-0.25, -0.2) is 0 Å². The topological polar surface area (TPSA) is 74.2 Å². The van der Waals surface area contributed by atoms with Crippen LogP contribution in [-0.2, 0) is 4.79 Å². The summed E-state index contributed by atoms with van der Waals surface area (Å²) in [6.07, 6.45) is 2.00. The van der Waals surface area contributed by atoms with Crippen molar-refractivity contribution >= 4 is 11.6 Å². The number of carbonyl (C=O) groups is 1. The number of para-hydroxylation sites is 1. The molecule has 102 valence electrons. The van der Waals surface area contributed by atoms with Crippen molar-refractivity contribution in [1.82, 2.24) is 5.32 Å². The third-order valence-electron chi connectivity index (χ3n) is 2.64. The summed E-state index contributed by atoms with van der Waals surface area (Å²) in [5, 5.41) is 14.8. The Bertz CT molecular complexity index is 466. The molecule has 19 heavy (non-hydrogen) atoms. The van der Waals surface area contributed by atoms with Crippen LogP contribution in [0.15, 0.2) is 18.2 Å². The second-order valence-corrected chi connectivity index (χ2v) is 4.05. The zero-order valence-electron chi connectivity index (χ0n) is 11.3. The minimum atomic E-state index is -0.0942. The van der Waals surface area contributed by atoms with E-state index in [0.29, 0.717) is 23.5 Å². The third-order valence-corrected chi connectivity index (χ3v) is 2.64. The summed E-state index contributed by atoms with van der Waals surface area (Å²) < 4.78 is 5.17. The zero-order chi connectivity index (χ0) is 14.1. The van der Waals surface area contributed by atoms with Crippen LogP contribution in [-0.4, -0.2) is 26.1 Å². The quantitative estimate of drug-likeness (QED) is 0.735. The van der Waals surface area contributed by atoms with Crippen LogP contribution in [0.5, 0.6) is 5.75 Å². The number of hydrogen-bond acceptors (Lipinski definition) is 4. The fraction of sp³-hybridized carbons (Fsp3) is 0.429. The van der Waals surface area contributed by atoms with Crippen molar-refractivity contribution in [2.75, 3.05) is 25.5 Å². The number of amides is 1. The van der Waals surface area contributed by atoms with Crippen molar-refractivity contribution in [3.63, 3.8) is 0 Å². The first-order chi connectivity index (χ1) is 9.22. The monoisotopic (exact) mass is 261 g/mol. The van der Waals surface area contributed by atoms with Crippen molar-refractivity contribution in [3.05, 3.63) is 23.8 Å². The van der Waals surface area contributed by atoms with E-state index >= 15 is 0 Å². The van der Waals surface area contributed by atoms with Crippen LogP contribution in [0.3, 0.4) is 0 Å². The van der Waals surface area contributed by atoms with Gasteiger partial charge in [-0.05, 0) is 18.6 Å². The smallest absolute Gasteiger partial charge is 0.239 e. The Hall–Kier alpha value is -2.22. The van der Waals surface area contributed by atoms with Crippen molar-refractivity contribution in [2.24, 2.45) is 0 Å². The molecule has 0 atom stereocenters. The first-order valence-corrected chi connectivity index (χ1v) is 6.30. The van der Waals surface area contributed by atoms with Gasteiger partial charge in [0, 0.05) is 6.54 Å². The molecule has 0 saturated carbocycles. The third kappa shape index (κ3) is 4.51. The van der Waals surface area contributed by atoms with Gasteiger partial charge >= 0.3 is 0 Å². The Morgan fingerprint density at radius 3 is 2.89 bits per heavy atom. The van der Waals surface area contributed by atoms with Gasteiger partial charge in [0.1, 0.15) is 11.8 Å². The van der Waals surface area contributed by atoms with Crippen LogP contribution >= 0.6 is 0 Å². The van der Waals surface area contributed by atoms with Gasteiger partial charge < -0.3 is 15.4 Å². The molecule has 1 amide bonds. The van der Waals surface area contributed by atoms with Gasteiger partial charge in [0.2, 0.25) is 5.91 Å². The summed E-state index contributed by atoms with van der Waals surface area (Å²) >= 11 is 0. The Morgan fingerprint density at radius 1 is 1.47 bits per heavy atom. The molecule has 0 unspecified atom stereocenters. The van der Waals surface area contributed by atoms with Gasteiger partial charge in [0.05, 0.1) is 24.9 Å². The molecule has 0 aliphatic rings. The Morgan fingerprint density at radius 2 is 2.26 bits per heavy atom. The number of methoxy groups -OCH3 is 1. The molecule has 1 aromatic carbocycles. The molecular formula is C14H19N3O2. The predicted octanol–water partition coefficient (Wildman–Crippen LogP) is 1.90. The molecule has 0 radical (unpaired) electrons. The highest BCUT2D eigenvalue weighted by molar-refractivity contribution is 5.82. The largest absolute Gasteiger partial charge is 0.495 e. The van der Waals surface area contributed by atoms with Crippen molar-refractivity contribution in [2.45, 2.75) is 19.8 Å². The first-order valence-electron chi connectivity index (χ1n) is 6.30. The Kier molecular flexibility index (Phi) is 6.23. The molecule has 0 heterocycles. The van der Waals surface area contributed by atoms with Crippen molar-refractivity contribution in [1.29, 1.82) is 5.26 Å². The van der Waals surface area contributed by atoms with Gasteiger partial charge in [-0.15, -0.1) is 0 Å². The number of nitrogens with one attached hydrogen (secondary N) is 2. The van der Waals surface area contributed by atoms with Crippen LogP contribution in [0.2, 0.25) is 0 Å². The number of nitrogens with zero attached hydrogens (tertiary/aromatic N) is 1. The van der Waals surface area contributed by atoms with Gasteiger partial charge in [-0.1, -0.05) is 19.4 Å². The molecule has 0 aromatic heterocycles. The SMILES string of the molecule is CCCCNC(=O)CNc1c(C#N)cccc1OC. The summed E-state index contributed by atoms with van der Waals surface area (Å²) in [5.74, 6) is 0.462. The van der Waals surface area contributed by atoms with Gasteiger partial charge in [0.15, 0.2) is 0 Å². The molecule has 2 N–H and O–H groups in total. The molecule has 0 spiro atoms. The lowest BCUT2D eigenvalue weighted by molar-refractivity contribution is -0.119.